The largest absolute Gasteiger partial charge is 0.481 e. The highest BCUT2D eigenvalue weighted by Crippen LogP contribution is 2.26. The van der Waals surface area contributed by atoms with Gasteiger partial charge < -0.3 is 15.3 Å². The van der Waals surface area contributed by atoms with Gasteiger partial charge in [0, 0.05) is 19.6 Å². The molecule has 0 atom stereocenters. The molecule has 0 aliphatic carbocycles. The van der Waals surface area contributed by atoms with Crippen LogP contribution in [0.1, 0.15) is 38.2 Å². The average Bonchev–Trinajstić information content (AvgIpc) is 2.53. The number of nitrogens with zero attached hydrogens (tertiary/aromatic N) is 1. The van der Waals surface area contributed by atoms with Crippen molar-refractivity contribution >= 4 is 11.7 Å². The smallest absolute Gasteiger partial charge is 0.306 e. The Kier molecular flexibility index (Phi) is 6.19. The first kappa shape index (κ1) is 16.7. The predicted octanol–water partition coefficient (Wildman–Crippen LogP) is 3.02. The molecule has 0 radical (unpaired) electrons. The molecule has 1 aromatic carbocycles. The van der Waals surface area contributed by atoms with Crippen LogP contribution in [0.4, 0.5) is 10.1 Å². The molecule has 1 saturated heterocycles. The molecule has 0 aromatic heterocycles. The van der Waals surface area contributed by atoms with Gasteiger partial charge in [0.05, 0.1) is 11.6 Å². The lowest BCUT2D eigenvalue weighted by Crippen LogP contribution is -2.36. The lowest BCUT2D eigenvalue weighted by Gasteiger charge is -2.32. The Morgan fingerprint density at radius 1 is 1.41 bits per heavy atom. The summed E-state index contributed by atoms with van der Waals surface area (Å²) in [5, 5.41) is 12.4. The van der Waals surface area contributed by atoms with Gasteiger partial charge in [0.2, 0.25) is 0 Å². The van der Waals surface area contributed by atoms with Crippen LogP contribution in [0.5, 0.6) is 0 Å². The molecule has 1 aliphatic heterocycles. The molecule has 2 N–H and O–H groups in total. The van der Waals surface area contributed by atoms with E-state index in [0.29, 0.717) is 31.6 Å². The number of carboxylic acids is 1. The molecule has 0 saturated carbocycles. The highest BCUT2D eigenvalue weighted by Gasteiger charge is 2.25. The normalized spacial score (nSPS) is 16.0. The molecule has 1 aromatic rings. The minimum atomic E-state index is -0.742. The molecule has 0 unspecified atom stereocenters. The number of piperidine rings is 1. The summed E-state index contributed by atoms with van der Waals surface area (Å²) in [5.41, 5.74) is 1.66. The van der Waals surface area contributed by atoms with Crippen molar-refractivity contribution in [3.8, 4) is 0 Å². The first-order valence-electron chi connectivity index (χ1n) is 8.08. The second-order valence-corrected chi connectivity index (χ2v) is 5.92. The Morgan fingerprint density at radius 2 is 2.14 bits per heavy atom. The van der Waals surface area contributed by atoms with Crippen molar-refractivity contribution < 1.29 is 14.3 Å². The van der Waals surface area contributed by atoms with Gasteiger partial charge in [-0.3, -0.25) is 4.79 Å². The van der Waals surface area contributed by atoms with E-state index in [1.807, 2.05) is 17.0 Å². The maximum atomic E-state index is 14.1. The first-order chi connectivity index (χ1) is 10.6. The summed E-state index contributed by atoms with van der Waals surface area (Å²) >= 11 is 0. The summed E-state index contributed by atoms with van der Waals surface area (Å²) in [6.45, 7) is 5.05. The highest BCUT2D eigenvalue weighted by atomic mass is 19.1. The number of halogens is 1. The van der Waals surface area contributed by atoms with Crippen LogP contribution in [0.25, 0.3) is 0 Å². The van der Waals surface area contributed by atoms with Crippen molar-refractivity contribution in [2.24, 2.45) is 5.92 Å². The van der Waals surface area contributed by atoms with Gasteiger partial charge in [0.15, 0.2) is 0 Å². The summed E-state index contributed by atoms with van der Waals surface area (Å²) in [7, 11) is 0. The first-order valence-corrected chi connectivity index (χ1v) is 8.08. The molecule has 1 heterocycles. The number of nitrogens with one attached hydrogen (secondary N) is 1. The molecular weight excluding hydrogens is 283 g/mol. The number of rotatable bonds is 7. The number of benzene rings is 1. The van der Waals surface area contributed by atoms with Gasteiger partial charge in [-0.1, -0.05) is 19.4 Å². The van der Waals surface area contributed by atoms with Crippen LogP contribution in [0.15, 0.2) is 18.2 Å². The third-order valence-electron chi connectivity index (χ3n) is 4.23. The van der Waals surface area contributed by atoms with Crippen LogP contribution in [0, 0.1) is 11.7 Å². The van der Waals surface area contributed by atoms with Crippen LogP contribution >= 0.6 is 0 Å². The van der Waals surface area contributed by atoms with Crippen LogP contribution in [-0.2, 0) is 11.3 Å². The van der Waals surface area contributed by atoms with Gasteiger partial charge in [-0.25, -0.2) is 4.39 Å². The molecule has 0 bridgehead atoms. The van der Waals surface area contributed by atoms with E-state index in [2.05, 4.69) is 12.2 Å². The molecule has 0 spiro atoms. The number of carboxylic acid groups (broad SMARTS) is 1. The van der Waals surface area contributed by atoms with E-state index in [1.54, 1.807) is 0 Å². The van der Waals surface area contributed by atoms with E-state index < -0.39 is 5.97 Å². The van der Waals surface area contributed by atoms with Gasteiger partial charge >= 0.3 is 5.97 Å². The summed E-state index contributed by atoms with van der Waals surface area (Å²) in [5.74, 6) is -1.27. The van der Waals surface area contributed by atoms with Crippen molar-refractivity contribution in [3.05, 3.63) is 29.6 Å². The Hall–Kier alpha value is -1.62. The van der Waals surface area contributed by atoms with Crippen LogP contribution < -0.4 is 10.2 Å². The van der Waals surface area contributed by atoms with E-state index in [0.717, 1.165) is 31.5 Å². The number of hydrogen-bond acceptors (Lipinski definition) is 3. The SMILES string of the molecule is CCCCNCc1ccc(F)c(N2CCC(C(=O)O)CC2)c1. The summed E-state index contributed by atoms with van der Waals surface area (Å²) in [6, 6.07) is 5.20. The number of hydrogen-bond donors (Lipinski definition) is 2. The fraction of sp³-hybridized carbons (Fsp3) is 0.588. The van der Waals surface area contributed by atoms with Crippen molar-refractivity contribution in [2.45, 2.75) is 39.2 Å². The van der Waals surface area contributed by atoms with Crippen molar-refractivity contribution in [1.82, 2.24) is 5.32 Å². The summed E-state index contributed by atoms with van der Waals surface area (Å²) in [4.78, 5) is 13.0. The highest BCUT2D eigenvalue weighted by molar-refractivity contribution is 5.70. The van der Waals surface area contributed by atoms with E-state index in [-0.39, 0.29) is 11.7 Å². The second-order valence-electron chi connectivity index (χ2n) is 5.92. The zero-order valence-corrected chi connectivity index (χ0v) is 13.1. The summed E-state index contributed by atoms with van der Waals surface area (Å²) in [6.07, 6.45) is 3.44. The van der Waals surface area contributed by atoms with Crippen molar-refractivity contribution in [1.29, 1.82) is 0 Å². The lowest BCUT2D eigenvalue weighted by molar-refractivity contribution is -0.142. The van der Waals surface area contributed by atoms with Crippen LogP contribution in [0.3, 0.4) is 0 Å². The molecule has 22 heavy (non-hydrogen) atoms. The van der Waals surface area contributed by atoms with Crippen LogP contribution in [-0.4, -0.2) is 30.7 Å². The molecule has 122 valence electrons. The zero-order valence-electron chi connectivity index (χ0n) is 13.1. The maximum absolute atomic E-state index is 14.1. The minimum Gasteiger partial charge on any atom is -0.481 e. The van der Waals surface area contributed by atoms with Gasteiger partial charge in [-0.15, -0.1) is 0 Å². The molecule has 4 nitrogen and oxygen atoms in total. The Bertz CT molecular complexity index is 499. The van der Waals surface area contributed by atoms with Gasteiger partial charge in [-0.2, -0.15) is 0 Å². The van der Waals surface area contributed by atoms with E-state index in [1.165, 1.54) is 6.07 Å². The quantitative estimate of drug-likeness (QED) is 0.760. The summed E-state index contributed by atoms with van der Waals surface area (Å²) < 4.78 is 14.1. The molecular formula is C17H25FN2O2. The van der Waals surface area contributed by atoms with Gasteiger partial charge in [0.1, 0.15) is 5.82 Å². The third-order valence-corrected chi connectivity index (χ3v) is 4.23. The lowest BCUT2D eigenvalue weighted by atomic mass is 9.96. The average molecular weight is 308 g/mol. The topological polar surface area (TPSA) is 52.6 Å². The number of unbranched alkanes of at least 4 members (excludes halogenated alkanes) is 1. The Morgan fingerprint density at radius 3 is 2.77 bits per heavy atom. The van der Waals surface area contributed by atoms with E-state index in [9.17, 15) is 9.18 Å². The van der Waals surface area contributed by atoms with Crippen LogP contribution in [0.2, 0.25) is 0 Å². The zero-order chi connectivity index (χ0) is 15.9. The van der Waals surface area contributed by atoms with E-state index in [4.69, 9.17) is 5.11 Å². The second kappa shape index (κ2) is 8.13. The predicted molar refractivity (Wildman–Crippen MR) is 85.6 cm³/mol. The standard InChI is InChI=1S/C17H25FN2O2/c1-2-3-8-19-12-13-4-5-15(18)16(11-13)20-9-6-14(7-10-20)17(21)22/h4-5,11,14,19H,2-3,6-10,12H2,1H3,(H,21,22). The molecule has 2 rings (SSSR count). The number of anilines is 1. The van der Waals surface area contributed by atoms with Gasteiger partial charge in [0.25, 0.3) is 0 Å². The van der Waals surface area contributed by atoms with E-state index >= 15 is 0 Å². The van der Waals surface area contributed by atoms with Crippen molar-refractivity contribution in [2.75, 3.05) is 24.5 Å². The third kappa shape index (κ3) is 4.44. The molecule has 1 aliphatic rings. The fourth-order valence-corrected chi connectivity index (χ4v) is 2.81. The minimum absolute atomic E-state index is 0.230. The van der Waals surface area contributed by atoms with Gasteiger partial charge in [-0.05, 0) is 43.5 Å². The number of carbonyl (C=O) groups is 1. The molecule has 0 amide bonds. The van der Waals surface area contributed by atoms with Crippen molar-refractivity contribution in [3.63, 3.8) is 0 Å². The maximum Gasteiger partial charge on any atom is 0.306 e. The molecule has 5 heteroatoms. The number of aliphatic carboxylic acids is 1. The molecule has 1 fully saturated rings. The monoisotopic (exact) mass is 308 g/mol. The Balaban J connectivity index is 1.97. The Labute approximate surface area is 131 Å². The fourth-order valence-electron chi connectivity index (χ4n) is 2.81.